The van der Waals surface area contributed by atoms with Crippen molar-refractivity contribution >= 4 is 5.91 Å². The van der Waals surface area contributed by atoms with Gasteiger partial charge in [-0.2, -0.15) is 0 Å². The predicted octanol–water partition coefficient (Wildman–Crippen LogP) is 1.00. The van der Waals surface area contributed by atoms with E-state index in [0.717, 1.165) is 5.69 Å². The van der Waals surface area contributed by atoms with Gasteiger partial charge in [-0.25, -0.2) is 0 Å². The fraction of sp³-hybridized carbons (Fsp3) is 0.500. The number of nitrogens with zero attached hydrogens (tertiary/aromatic N) is 1. The van der Waals surface area contributed by atoms with Crippen LogP contribution in [0.25, 0.3) is 0 Å². The van der Waals surface area contributed by atoms with E-state index in [1.54, 1.807) is 13.2 Å². The van der Waals surface area contributed by atoms with Crippen molar-refractivity contribution in [2.45, 2.75) is 32.9 Å². The first-order chi connectivity index (χ1) is 7.63. The summed E-state index contributed by atoms with van der Waals surface area (Å²) in [5.74, 6) is 0.0535. The first-order valence-corrected chi connectivity index (χ1v) is 5.48. The Balaban J connectivity index is 2.40. The minimum absolute atomic E-state index is 0.0535. The monoisotopic (exact) mass is 221 g/mol. The fourth-order valence-corrected chi connectivity index (χ4v) is 1.43. The van der Waals surface area contributed by atoms with Crippen LogP contribution in [0.3, 0.4) is 0 Å². The molecule has 16 heavy (non-hydrogen) atoms. The maximum atomic E-state index is 11.1. The van der Waals surface area contributed by atoms with Crippen LogP contribution >= 0.6 is 0 Å². The van der Waals surface area contributed by atoms with Crippen molar-refractivity contribution in [1.29, 1.82) is 0 Å². The molecule has 0 spiro atoms. The quantitative estimate of drug-likeness (QED) is 0.780. The van der Waals surface area contributed by atoms with Gasteiger partial charge in [0, 0.05) is 32.3 Å². The molecule has 1 heterocycles. The number of rotatable bonds is 5. The molecule has 1 amide bonds. The summed E-state index contributed by atoms with van der Waals surface area (Å²) in [6.07, 6.45) is 2.27. The fourth-order valence-electron chi connectivity index (χ4n) is 1.43. The van der Waals surface area contributed by atoms with Crippen LogP contribution in [0.5, 0.6) is 0 Å². The van der Waals surface area contributed by atoms with Gasteiger partial charge in [0.1, 0.15) is 0 Å². The van der Waals surface area contributed by atoms with E-state index in [1.807, 2.05) is 26.0 Å². The van der Waals surface area contributed by atoms with Gasteiger partial charge in [0.25, 0.3) is 0 Å². The van der Waals surface area contributed by atoms with Crippen LogP contribution in [0, 0.1) is 6.92 Å². The molecule has 1 aromatic rings. The van der Waals surface area contributed by atoms with Crippen LogP contribution in [0.4, 0.5) is 0 Å². The summed E-state index contributed by atoms with van der Waals surface area (Å²) >= 11 is 0. The second-order valence-corrected chi connectivity index (χ2v) is 3.93. The molecule has 0 aliphatic rings. The van der Waals surface area contributed by atoms with E-state index in [9.17, 15) is 4.79 Å². The summed E-state index contributed by atoms with van der Waals surface area (Å²) in [5, 5.41) is 5.89. The first kappa shape index (κ1) is 12.6. The Hall–Kier alpha value is -1.42. The van der Waals surface area contributed by atoms with Crippen LogP contribution in [-0.2, 0) is 11.3 Å². The molecule has 1 atom stereocenters. The van der Waals surface area contributed by atoms with Gasteiger partial charge in [0.05, 0.1) is 5.69 Å². The van der Waals surface area contributed by atoms with Crippen molar-refractivity contribution in [2.24, 2.45) is 0 Å². The Bertz CT molecular complexity index is 352. The lowest BCUT2D eigenvalue weighted by molar-refractivity contribution is -0.121. The van der Waals surface area contributed by atoms with E-state index >= 15 is 0 Å². The first-order valence-electron chi connectivity index (χ1n) is 5.48. The van der Waals surface area contributed by atoms with Crippen molar-refractivity contribution in [3.63, 3.8) is 0 Å². The van der Waals surface area contributed by atoms with Gasteiger partial charge in [-0.3, -0.25) is 9.78 Å². The smallest absolute Gasteiger partial charge is 0.221 e. The molecule has 0 aliphatic heterocycles. The molecule has 1 aromatic heterocycles. The SMILES string of the molecule is CNC(=O)CC(C)NCc1ncccc1C. The normalized spacial score (nSPS) is 12.2. The molecule has 4 heteroatoms. The molecule has 1 rings (SSSR count). The summed E-state index contributed by atoms with van der Waals surface area (Å²) in [6.45, 7) is 4.73. The number of hydrogen-bond acceptors (Lipinski definition) is 3. The molecule has 0 bridgehead atoms. The van der Waals surface area contributed by atoms with Crippen molar-refractivity contribution < 1.29 is 4.79 Å². The highest BCUT2D eigenvalue weighted by molar-refractivity contribution is 5.76. The number of aryl methyl sites for hydroxylation is 1. The van der Waals surface area contributed by atoms with Gasteiger partial charge in [0.15, 0.2) is 0 Å². The lowest BCUT2D eigenvalue weighted by Gasteiger charge is -2.13. The number of amides is 1. The van der Waals surface area contributed by atoms with Crippen molar-refractivity contribution in [2.75, 3.05) is 7.05 Å². The third-order valence-electron chi connectivity index (χ3n) is 2.51. The van der Waals surface area contributed by atoms with Crippen LogP contribution in [0.15, 0.2) is 18.3 Å². The highest BCUT2D eigenvalue weighted by Gasteiger charge is 2.07. The second-order valence-electron chi connectivity index (χ2n) is 3.93. The Kier molecular flexibility index (Phi) is 4.92. The average molecular weight is 221 g/mol. The minimum Gasteiger partial charge on any atom is -0.359 e. The van der Waals surface area contributed by atoms with Crippen molar-refractivity contribution in [3.05, 3.63) is 29.6 Å². The molecule has 0 radical (unpaired) electrons. The van der Waals surface area contributed by atoms with Crippen LogP contribution < -0.4 is 10.6 Å². The van der Waals surface area contributed by atoms with Crippen molar-refractivity contribution in [3.8, 4) is 0 Å². The van der Waals surface area contributed by atoms with Crippen LogP contribution in [0.2, 0.25) is 0 Å². The molecule has 0 aliphatic carbocycles. The maximum absolute atomic E-state index is 11.1. The molecule has 88 valence electrons. The molecular weight excluding hydrogens is 202 g/mol. The lowest BCUT2D eigenvalue weighted by Crippen LogP contribution is -2.32. The third kappa shape index (κ3) is 3.98. The summed E-state index contributed by atoms with van der Waals surface area (Å²) in [7, 11) is 1.65. The standard InChI is InChI=1S/C12H19N3O/c1-9-5-4-6-14-11(9)8-15-10(2)7-12(16)13-3/h4-6,10,15H,7-8H2,1-3H3,(H,13,16). The molecule has 4 nitrogen and oxygen atoms in total. The van der Waals surface area contributed by atoms with E-state index in [-0.39, 0.29) is 11.9 Å². The molecular formula is C12H19N3O. The molecule has 1 unspecified atom stereocenters. The second kappa shape index (κ2) is 6.23. The third-order valence-corrected chi connectivity index (χ3v) is 2.51. The largest absolute Gasteiger partial charge is 0.359 e. The summed E-state index contributed by atoms with van der Waals surface area (Å²) < 4.78 is 0. The molecule has 0 saturated heterocycles. The highest BCUT2D eigenvalue weighted by atomic mass is 16.1. The lowest BCUT2D eigenvalue weighted by atomic mass is 10.2. The number of carbonyl (C=O) groups is 1. The van der Waals surface area contributed by atoms with E-state index in [4.69, 9.17) is 0 Å². The molecule has 0 fully saturated rings. The van der Waals surface area contributed by atoms with E-state index < -0.39 is 0 Å². The van der Waals surface area contributed by atoms with E-state index in [2.05, 4.69) is 15.6 Å². The summed E-state index contributed by atoms with van der Waals surface area (Å²) in [5.41, 5.74) is 2.20. The van der Waals surface area contributed by atoms with Gasteiger partial charge >= 0.3 is 0 Å². The average Bonchev–Trinajstić information content (AvgIpc) is 2.28. The zero-order chi connectivity index (χ0) is 12.0. The Morgan fingerprint density at radius 3 is 2.94 bits per heavy atom. The van der Waals surface area contributed by atoms with Crippen molar-refractivity contribution in [1.82, 2.24) is 15.6 Å². The van der Waals surface area contributed by atoms with Gasteiger partial charge in [0.2, 0.25) is 5.91 Å². The number of nitrogens with one attached hydrogen (secondary N) is 2. The van der Waals surface area contributed by atoms with Gasteiger partial charge in [-0.15, -0.1) is 0 Å². The topological polar surface area (TPSA) is 54.0 Å². The number of pyridine rings is 1. The molecule has 2 N–H and O–H groups in total. The van der Waals surface area contributed by atoms with Gasteiger partial charge in [-0.05, 0) is 25.5 Å². The predicted molar refractivity (Wildman–Crippen MR) is 64.0 cm³/mol. The summed E-state index contributed by atoms with van der Waals surface area (Å²) in [6, 6.07) is 4.11. The maximum Gasteiger partial charge on any atom is 0.221 e. The Morgan fingerprint density at radius 1 is 1.56 bits per heavy atom. The number of hydrogen-bond donors (Lipinski definition) is 2. The minimum atomic E-state index is 0.0535. The van der Waals surface area contributed by atoms with E-state index in [1.165, 1.54) is 5.56 Å². The molecule has 0 saturated carbocycles. The molecule has 0 aromatic carbocycles. The van der Waals surface area contributed by atoms with E-state index in [0.29, 0.717) is 13.0 Å². The Labute approximate surface area is 96.5 Å². The summed E-state index contributed by atoms with van der Waals surface area (Å²) in [4.78, 5) is 15.4. The Morgan fingerprint density at radius 2 is 2.31 bits per heavy atom. The van der Waals surface area contributed by atoms with Crippen LogP contribution in [-0.4, -0.2) is 24.0 Å². The zero-order valence-electron chi connectivity index (χ0n) is 10.1. The van der Waals surface area contributed by atoms with Gasteiger partial charge in [-0.1, -0.05) is 6.07 Å². The number of aromatic nitrogens is 1. The van der Waals surface area contributed by atoms with Crippen LogP contribution in [0.1, 0.15) is 24.6 Å². The number of carbonyl (C=O) groups excluding carboxylic acids is 1. The van der Waals surface area contributed by atoms with Gasteiger partial charge < -0.3 is 10.6 Å². The zero-order valence-corrected chi connectivity index (χ0v) is 10.1. The highest BCUT2D eigenvalue weighted by Crippen LogP contribution is 2.03.